The zero-order chi connectivity index (χ0) is 13.1. The van der Waals surface area contributed by atoms with E-state index in [4.69, 9.17) is 12.2 Å². The molecule has 2 aromatic heterocycles. The lowest BCUT2D eigenvalue weighted by Crippen LogP contribution is -2.21. The van der Waals surface area contributed by atoms with Gasteiger partial charge in [-0.05, 0) is 25.3 Å². The normalized spacial score (nSPS) is 10.4. The molecule has 0 amide bonds. The quantitative estimate of drug-likeness (QED) is 0.637. The van der Waals surface area contributed by atoms with Crippen LogP contribution in [0.3, 0.4) is 0 Å². The fourth-order valence-corrected chi connectivity index (χ4v) is 2.40. The van der Waals surface area contributed by atoms with Crippen LogP contribution in [0.2, 0.25) is 0 Å². The Bertz CT molecular complexity index is 550. The molecule has 2 heterocycles. The lowest BCUT2D eigenvalue weighted by Gasteiger charge is -2.17. The smallest absolute Gasteiger partial charge is 0.123 e. The number of hydrogen-bond donors (Lipinski definition) is 0. The van der Waals surface area contributed by atoms with Crippen molar-refractivity contribution in [1.29, 1.82) is 0 Å². The number of rotatable bonds is 3. The highest BCUT2D eigenvalue weighted by Crippen LogP contribution is 2.30. The summed E-state index contributed by atoms with van der Waals surface area (Å²) < 4.78 is 1.88. The van der Waals surface area contributed by atoms with Gasteiger partial charge in [-0.2, -0.15) is 5.10 Å². The molecule has 0 N–H and O–H groups in total. The lowest BCUT2D eigenvalue weighted by atomic mass is 10.4. The second-order valence-electron chi connectivity index (χ2n) is 3.74. The highest BCUT2D eigenvalue weighted by atomic mass is 32.2. The van der Waals surface area contributed by atoms with E-state index in [0.29, 0.717) is 0 Å². The number of thiocarbonyl (C=S) groups is 1. The summed E-state index contributed by atoms with van der Waals surface area (Å²) in [4.78, 5) is 6.89. The summed E-state index contributed by atoms with van der Waals surface area (Å²) >= 11 is 6.84. The minimum absolute atomic E-state index is 0.816. The standard InChI is InChI=1S/C12H14N4S2/c1-9(17)15(2)11-8-14-16(12(11)18-3)10-5-4-6-13-7-10/h4-8H,1-3H3. The molecule has 6 heteroatoms. The molecule has 2 aromatic rings. The molecule has 0 aromatic carbocycles. The largest absolute Gasteiger partial charge is 0.336 e. The molecular formula is C12H14N4S2. The Morgan fingerprint density at radius 1 is 1.44 bits per heavy atom. The Morgan fingerprint density at radius 2 is 2.22 bits per heavy atom. The number of thioether (sulfide) groups is 1. The van der Waals surface area contributed by atoms with Crippen molar-refractivity contribution < 1.29 is 0 Å². The van der Waals surface area contributed by atoms with E-state index in [1.807, 2.05) is 48.1 Å². The van der Waals surface area contributed by atoms with E-state index in [1.54, 1.807) is 24.2 Å². The molecule has 0 unspecified atom stereocenters. The van der Waals surface area contributed by atoms with Crippen molar-refractivity contribution in [3.05, 3.63) is 30.7 Å². The SMILES string of the molecule is CSc1c(N(C)C(C)=S)cnn1-c1cccnc1. The second-order valence-corrected chi connectivity index (χ2v) is 5.13. The van der Waals surface area contributed by atoms with Crippen LogP contribution in [0.25, 0.3) is 5.69 Å². The highest BCUT2D eigenvalue weighted by Gasteiger charge is 2.15. The van der Waals surface area contributed by atoms with Crippen molar-refractivity contribution in [2.75, 3.05) is 18.2 Å². The van der Waals surface area contributed by atoms with Crippen LogP contribution in [0.15, 0.2) is 35.7 Å². The van der Waals surface area contributed by atoms with Gasteiger partial charge in [0.05, 0.1) is 28.8 Å². The van der Waals surface area contributed by atoms with Crippen molar-refractivity contribution in [3.8, 4) is 5.69 Å². The summed E-state index contributed by atoms with van der Waals surface area (Å²) in [5.74, 6) is 0. The predicted octanol–water partition coefficient (Wildman–Crippen LogP) is 2.77. The van der Waals surface area contributed by atoms with E-state index in [2.05, 4.69) is 10.1 Å². The minimum atomic E-state index is 0.816. The zero-order valence-corrected chi connectivity index (χ0v) is 12.1. The Labute approximate surface area is 116 Å². The van der Waals surface area contributed by atoms with Crippen molar-refractivity contribution >= 4 is 34.7 Å². The molecule has 0 spiro atoms. The van der Waals surface area contributed by atoms with Gasteiger partial charge in [0.25, 0.3) is 0 Å². The Kier molecular flexibility index (Phi) is 3.98. The van der Waals surface area contributed by atoms with Crippen LogP contribution in [0.1, 0.15) is 6.92 Å². The van der Waals surface area contributed by atoms with Crippen LogP contribution < -0.4 is 4.90 Å². The van der Waals surface area contributed by atoms with Crippen LogP contribution in [0.4, 0.5) is 5.69 Å². The van der Waals surface area contributed by atoms with E-state index < -0.39 is 0 Å². The summed E-state index contributed by atoms with van der Waals surface area (Å²) in [5.41, 5.74) is 1.96. The summed E-state index contributed by atoms with van der Waals surface area (Å²) in [6.45, 7) is 1.90. The van der Waals surface area contributed by atoms with Crippen LogP contribution >= 0.6 is 24.0 Å². The van der Waals surface area contributed by atoms with Crippen molar-refractivity contribution in [3.63, 3.8) is 0 Å². The Morgan fingerprint density at radius 3 is 2.78 bits per heavy atom. The molecule has 0 saturated heterocycles. The van der Waals surface area contributed by atoms with Crippen LogP contribution in [0, 0.1) is 0 Å². The molecule has 0 aliphatic heterocycles. The average molecular weight is 278 g/mol. The van der Waals surface area contributed by atoms with Gasteiger partial charge < -0.3 is 4.90 Å². The number of pyridine rings is 1. The number of nitrogens with zero attached hydrogens (tertiary/aromatic N) is 4. The topological polar surface area (TPSA) is 34.0 Å². The molecule has 0 fully saturated rings. The summed E-state index contributed by atoms with van der Waals surface area (Å²) in [5, 5.41) is 5.47. The first-order valence-electron chi connectivity index (χ1n) is 5.42. The third-order valence-corrected chi connectivity index (χ3v) is 3.67. The van der Waals surface area contributed by atoms with Crippen LogP contribution in [-0.4, -0.2) is 33.1 Å². The van der Waals surface area contributed by atoms with Gasteiger partial charge in [-0.25, -0.2) is 4.68 Å². The van der Waals surface area contributed by atoms with Gasteiger partial charge in [-0.15, -0.1) is 11.8 Å². The molecule has 0 saturated carbocycles. The average Bonchev–Trinajstić information content (AvgIpc) is 2.82. The molecule has 18 heavy (non-hydrogen) atoms. The van der Waals surface area contributed by atoms with E-state index in [0.717, 1.165) is 21.4 Å². The summed E-state index contributed by atoms with van der Waals surface area (Å²) in [6.07, 6.45) is 7.40. The van der Waals surface area contributed by atoms with Gasteiger partial charge in [0.2, 0.25) is 0 Å². The molecule has 4 nitrogen and oxygen atoms in total. The minimum Gasteiger partial charge on any atom is -0.336 e. The molecule has 0 bridgehead atoms. The lowest BCUT2D eigenvalue weighted by molar-refractivity contribution is 0.799. The third kappa shape index (κ3) is 2.39. The maximum Gasteiger partial charge on any atom is 0.123 e. The van der Waals surface area contributed by atoms with Crippen LogP contribution in [-0.2, 0) is 0 Å². The van der Waals surface area contributed by atoms with Gasteiger partial charge in [0.1, 0.15) is 5.03 Å². The van der Waals surface area contributed by atoms with Crippen molar-refractivity contribution in [2.24, 2.45) is 0 Å². The fourth-order valence-electron chi connectivity index (χ4n) is 1.58. The van der Waals surface area contributed by atoms with Crippen molar-refractivity contribution in [1.82, 2.24) is 14.8 Å². The number of anilines is 1. The monoisotopic (exact) mass is 278 g/mol. The molecule has 0 aliphatic rings. The molecule has 0 radical (unpaired) electrons. The zero-order valence-electron chi connectivity index (χ0n) is 10.5. The maximum absolute atomic E-state index is 5.20. The van der Waals surface area contributed by atoms with E-state index in [1.165, 1.54) is 0 Å². The number of hydrogen-bond acceptors (Lipinski definition) is 4. The predicted molar refractivity (Wildman–Crippen MR) is 79.8 cm³/mol. The maximum atomic E-state index is 5.20. The molecule has 2 rings (SSSR count). The second kappa shape index (κ2) is 5.49. The molecule has 0 aliphatic carbocycles. The van der Waals surface area contributed by atoms with E-state index in [9.17, 15) is 0 Å². The molecular weight excluding hydrogens is 264 g/mol. The summed E-state index contributed by atoms with van der Waals surface area (Å²) in [7, 11) is 1.95. The third-order valence-electron chi connectivity index (χ3n) is 2.62. The van der Waals surface area contributed by atoms with Crippen LogP contribution in [0.5, 0.6) is 0 Å². The first-order valence-corrected chi connectivity index (χ1v) is 7.05. The van der Waals surface area contributed by atoms with Gasteiger partial charge in [-0.3, -0.25) is 4.98 Å². The Hall–Kier alpha value is -1.40. The van der Waals surface area contributed by atoms with Gasteiger partial charge in [-0.1, -0.05) is 12.2 Å². The van der Waals surface area contributed by atoms with Crippen molar-refractivity contribution in [2.45, 2.75) is 11.9 Å². The summed E-state index contributed by atoms with van der Waals surface area (Å²) in [6, 6.07) is 3.88. The first kappa shape index (κ1) is 13.0. The van der Waals surface area contributed by atoms with Gasteiger partial charge >= 0.3 is 0 Å². The molecule has 94 valence electrons. The fraction of sp³-hybridized carbons (Fsp3) is 0.250. The molecule has 0 atom stereocenters. The van der Waals surface area contributed by atoms with Gasteiger partial charge in [0, 0.05) is 13.2 Å². The highest BCUT2D eigenvalue weighted by molar-refractivity contribution is 7.98. The first-order chi connectivity index (χ1) is 8.65. The van der Waals surface area contributed by atoms with E-state index >= 15 is 0 Å². The Balaban J connectivity index is 2.49. The van der Waals surface area contributed by atoms with E-state index in [-0.39, 0.29) is 0 Å². The number of aromatic nitrogens is 3. The van der Waals surface area contributed by atoms with Gasteiger partial charge in [0.15, 0.2) is 0 Å².